The maximum absolute atomic E-state index is 5.47. The second-order valence-corrected chi connectivity index (χ2v) is 7.02. The third-order valence-electron chi connectivity index (χ3n) is 4.37. The van der Waals surface area contributed by atoms with Gasteiger partial charge in [0.15, 0.2) is 0 Å². The van der Waals surface area contributed by atoms with Gasteiger partial charge in [0.05, 0.1) is 19.1 Å². The minimum Gasteiger partial charge on any atom is -0.497 e. The van der Waals surface area contributed by atoms with Gasteiger partial charge in [-0.05, 0) is 31.0 Å². The van der Waals surface area contributed by atoms with Gasteiger partial charge < -0.3 is 14.8 Å². The third kappa shape index (κ3) is 4.03. The average molecular weight is 332 g/mol. The van der Waals surface area contributed by atoms with Crippen LogP contribution in [0.3, 0.4) is 0 Å². The first-order valence-corrected chi connectivity index (χ1v) is 9.02. The van der Waals surface area contributed by atoms with Crippen molar-refractivity contribution < 1.29 is 9.47 Å². The van der Waals surface area contributed by atoms with Gasteiger partial charge in [0.1, 0.15) is 16.5 Å². The van der Waals surface area contributed by atoms with E-state index in [1.54, 1.807) is 25.6 Å². The molecule has 1 aliphatic rings. The summed E-state index contributed by atoms with van der Waals surface area (Å²) in [6.07, 6.45) is 8.60. The van der Waals surface area contributed by atoms with Crippen LogP contribution in [0.15, 0.2) is 24.4 Å². The molecule has 1 aromatic heterocycles. The van der Waals surface area contributed by atoms with Crippen molar-refractivity contribution in [3.63, 3.8) is 0 Å². The van der Waals surface area contributed by atoms with E-state index in [0.29, 0.717) is 6.04 Å². The molecule has 1 saturated carbocycles. The molecule has 0 unspecified atom stereocenters. The summed E-state index contributed by atoms with van der Waals surface area (Å²) in [7, 11) is 3.37. The molecule has 3 rings (SSSR count). The summed E-state index contributed by atoms with van der Waals surface area (Å²) < 4.78 is 10.8. The topological polar surface area (TPSA) is 43.4 Å². The molecule has 1 fully saturated rings. The fraction of sp³-hybridized carbons (Fsp3) is 0.500. The van der Waals surface area contributed by atoms with E-state index in [9.17, 15) is 0 Å². The number of rotatable bonds is 6. The Labute approximate surface area is 141 Å². The Bertz CT molecular complexity index is 636. The van der Waals surface area contributed by atoms with Gasteiger partial charge in [-0.3, -0.25) is 0 Å². The van der Waals surface area contributed by atoms with Crippen molar-refractivity contribution >= 4 is 11.3 Å². The molecule has 0 amide bonds. The number of nitrogens with one attached hydrogen (secondary N) is 1. The van der Waals surface area contributed by atoms with Crippen LogP contribution >= 0.6 is 11.3 Å². The summed E-state index contributed by atoms with van der Waals surface area (Å²) in [6, 6.07) is 6.51. The van der Waals surface area contributed by atoms with Crippen LogP contribution in [0.1, 0.15) is 37.1 Å². The first-order chi connectivity index (χ1) is 11.3. The fourth-order valence-electron chi connectivity index (χ4n) is 3.06. The van der Waals surface area contributed by atoms with Crippen molar-refractivity contribution in [2.24, 2.45) is 0 Å². The number of aromatic nitrogens is 1. The number of hydrogen-bond donors (Lipinski definition) is 1. The van der Waals surface area contributed by atoms with Gasteiger partial charge in [-0.25, -0.2) is 4.98 Å². The number of thiazole rings is 1. The zero-order valence-electron chi connectivity index (χ0n) is 13.8. The highest BCUT2D eigenvalue weighted by molar-refractivity contribution is 7.15. The molecular formula is C18H24N2O2S. The average Bonchev–Trinajstić information content (AvgIpc) is 3.09. The molecule has 1 aromatic carbocycles. The lowest BCUT2D eigenvalue weighted by Crippen LogP contribution is -2.30. The SMILES string of the molecule is COc1ccc(OC)c(-c2cnc(CNC3CCCCC3)s2)c1. The number of hydrogen-bond acceptors (Lipinski definition) is 5. The molecule has 23 heavy (non-hydrogen) atoms. The molecule has 0 radical (unpaired) electrons. The zero-order chi connectivity index (χ0) is 16.1. The number of benzene rings is 1. The molecule has 0 atom stereocenters. The second-order valence-electron chi connectivity index (χ2n) is 5.90. The van der Waals surface area contributed by atoms with Gasteiger partial charge in [0.2, 0.25) is 0 Å². The quantitative estimate of drug-likeness (QED) is 0.859. The monoisotopic (exact) mass is 332 g/mol. The maximum Gasteiger partial charge on any atom is 0.127 e. The largest absolute Gasteiger partial charge is 0.497 e. The van der Waals surface area contributed by atoms with Crippen LogP contribution in [0, 0.1) is 0 Å². The van der Waals surface area contributed by atoms with Crippen LogP contribution in [-0.2, 0) is 6.54 Å². The highest BCUT2D eigenvalue weighted by Gasteiger charge is 2.15. The minimum atomic E-state index is 0.655. The van der Waals surface area contributed by atoms with Crippen molar-refractivity contribution in [2.75, 3.05) is 14.2 Å². The molecule has 0 bridgehead atoms. The van der Waals surface area contributed by atoms with Crippen molar-refractivity contribution in [1.82, 2.24) is 10.3 Å². The van der Waals surface area contributed by atoms with Crippen molar-refractivity contribution in [3.8, 4) is 21.9 Å². The Kier molecular flexibility index (Phi) is 5.51. The number of ether oxygens (including phenoxy) is 2. The minimum absolute atomic E-state index is 0.655. The summed E-state index contributed by atoms with van der Waals surface area (Å²) in [4.78, 5) is 5.68. The van der Waals surface area contributed by atoms with Gasteiger partial charge in [0.25, 0.3) is 0 Å². The Balaban J connectivity index is 1.71. The first-order valence-electron chi connectivity index (χ1n) is 8.20. The van der Waals surface area contributed by atoms with E-state index in [0.717, 1.165) is 33.5 Å². The van der Waals surface area contributed by atoms with Crippen LogP contribution in [0.5, 0.6) is 11.5 Å². The molecule has 5 heteroatoms. The molecule has 124 valence electrons. The number of nitrogens with zero attached hydrogens (tertiary/aromatic N) is 1. The predicted octanol–water partition coefficient (Wildman–Crippen LogP) is 4.25. The molecule has 1 aliphatic carbocycles. The molecule has 4 nitrogen and oxygen atoms in total. The van der Waals surface area contributed by atoms with E-state index >= 15 is 0 Å². The van der Waals surface area contributed by atoms with Crippen LogP contribution in [-0.4, -0.2) is 25.2 Å². The molecule has 2 aromatic rings. The van der Waals surface area contributed by atoms with Crippen LogP contribution in [0.25, 0.3) is 10.4 Å². The van der Waals surface area contributed by atoms with Gasteiger partial charge in [-0.15, -0.1) is 11.3 Å². The van der Waals surface area contributed by atoms with Crippen LogP contribution in [0.2, 0.25) is 0 Å². The fourth-order valence-corrected chi connectivity index (χ4v) is 3.95. The van der Waals surface area contributed by atoms with Crippen molar-refractivity contribution in [2.45, 2.75) is 44.7 Å². The molecule has 1 heterocycles. The first kappa shape index (κ1) is 16.3. The molecule has 0 spiro atoms. The van der Waals surface area contributed by atoms with E-state index in [1.807, 2.05) is 24.4 Å². The van der Waals surface area contributed by atoms with Crippen LogP contribution in [0.4, 0.5) is 0 Å². The smallest absolute Gasteiger partial charge is 0.127 e. The summed E-state index contributed by atoms with van der Waals surface area (Å²) in [5.74, 6) is 1.68. The summed E-state index contributed by atoms with van der Waals surface area (Å²) in [6.45, 7) is 0.849. The summed E-state index contributed by atoms with van der Waals surface area (Å²) in [5, 5.41) is 4.77. The van der Waals surface area contributed by atoms with E-state index in [1.165, 1.54) is 32.1 Å². The standard InChI is InChI=1S/C18H24N2O2S/c1-21-14-8-9-16(22-2)15(10-14)17-11-20-18(23-17)12-19-13-6-4-3-5-7-13/h8-11,13,19H,3-7,12H2,1-2H3. The lowest BCUT2D eigenvalue weighted by atomic mass is 9.96. The highest BCUT2D eigenvalue weighted by Crippen LogP contribution is 2.36. The van der Waals surface area contributed by atoms with Gasteiger partial charge >= 0.3 is 0 Å². The Morgan fingerprint density at radius 3 is 2.74 bits per heavy atom. The predicted molar refractivity (Wildman–Crippen MR) is 94.4 cm³/mol. The lowest BCUT2D eigenvalue weighted by Gasteiger charge is -2.22. The number of methoxy groups -OCH3 is 2. The Morgan fingerprint density at radius 2 is 2.00 bits per heavy atom. The Hall–Kier alpha value is -1.59. The van der Waals surface area contributed by atoms with Crippen molar-refractivity contribution in [1.29, 1.82) is 0 Å². The summed E-state index contributed by atoms with van der Waals surface area (Å²) >= 11 is 1.71. The van der Waals surface area contributed by atoms with E-state index in [-0.39, 0.29) is 0 Å². The van der Waals surface area contributed by atoms with Gasteiger partial charge in [0, 0.05) is 24.3 Å². The van der Waals surface area contributed by atoms with Gasteiger partial charge in [-0.2, -0.15) is 0 Å². The molecule has 1 N–H and O–H groups in total. The van der Waals surface area contributed by atoms with E-state index in [4.69, 9.17) is 9.47 Å². The zero-order valence-corrected chi connectivity index (χ0v) is 14.6. The van der Waals surface area contributed by atoms with Gasteiger partial charge in [-0.1, -0.05) is 19.3 Å². The molecule has 0 saturated heterocycles. The van der Waals surface area contributed by atoms with E-state index in [2.05, 4.69) is 10.3 Å². The normalized spacial score (nSPS) is 15.6. The van der Waals surface area contributed by atoms with E-state index < -0.39 is 0 Å². The van der Waals surface area contributed by atoms with Crippen molar-refractivity contribution in [3.05, 3.63) is 29.4 Å². The molecule has 0 aliphatic heterocycles. The van der Waals surface area contributed by atoms with Crippen LogP contribution < -0.4 is 14.8 Å². The third-order valence-corrected chi connectivity index (χ3v) is 5.40. The second kappa shape index (κ2) is 7.79. The highest BCUT2D eigenvalue weighted by atomic mass is 32.1. The lowest BCUT2D eigenvalue weighted by molar-refractivity contribution is 0.372. The molecular weight excluding hydrogens is 308 g/mol. The summed E-state index contributed by atoms with van der Waals surface area (Å²) in [5.41, 5.74) is 1.04. The Morgan fingerprint density at radius 1 is 1.17 bits per heavy atom. The maximum atomic E-state index is 5.47.